The quantitative estimate of drug-likeness (QED) is 0.828. The van der Waals surface area contributed by atoms with Crippen LogP contribution in [0.25, 0.3) is 0 Å². The maximum atomic E-state index is 13.3. The van der Waals surface area contributed by atoms with E-state index in [0.717, 1.165) is 11.1 Å². The number of carbonyl (C=O) groups excluding carboxylic acids is 1. The van der Waals surface area contributed by atoms with Crippen LogP contribution in [0.5, 0.6) is 0 Å². The lowest BCUT2D eigenvalue weighted by molar-refractivity contribution is -0.128. The number of allylic oxidation sites excluding steroid dienone is 2. The summed E-state index contributed by atoms with van der Waals surface area (Å²) in [5.41, 5.74) is 0.618. The summed E-state index contributed by atoms with van der Waals surface area (Å²) in [4.78, 5) is 19.6. The first kappa shape index (κ1) is 14.0. The van der Waals surface area contributed by atoms with Crippen LogP contribution in [-0.4, -0.2) is 16.6 Å². The Bertz CT molecular complexity index is 814. The lowest BCUT2D eigenvalue weighted by Gasteiger charge is -2.26. The van der Waals surface area contributed by atoms with Gasteiger partial charge in [0.1, 0.15) is 5.84 Å². The Hall–Kier alpha value is -2.65. The summed E-state index contributed by atoms with van der Waals surface area (Å²) in [6.07, 6.45) is 5.14. The Balaban J connectivity index is 1.98. The van der Waals surface area contributed by atoms with Crippen LogP contribution < -0.4 is 0 Å². The highest BCUT2D eigenvalue weighted by atomic mass is 35.5. The van der Waals surface area contributed by atoms with Gasteiger partial charge in [0.15, 0.2) is 5.54 Å². The number of hydrogen-bond donors (Lipinski definition) is 0. The molecule has 23 heavy (non-hydrogen) atoms. The third kappa shape index (κ3) is 2.05. The molecule has 0 atom stereocenters. The largest absolute Gasteiger partial charge is 0.270 e. The number of amides is 1. The maximum absolute atomic E-state index is 13.3. The maximum Gasteiger partial charge on any atom is 0.269 e. The summed E-state index contributed by atoms with van der Waals surface area (Å²) >= 11 is 6.06. The zero-order valence-corrected chi connectivity index (χ0v) is 12.9. The summed E-state index contributed by atoms with van der Waals surface area (Å²) in [5.74, 6) is 0.486. The van der Waals surface area contributed by atoms with Crippen molar-refractivity contribution >= 4 is 23.3 Å². The van der Waals surface area contributed by atoms with Gasteiger partial charge in [-0.25, -0.2) is 4.99 Å². The fraction of sp³-hybridized carbons (Fsp3) is 0.0526. The molecule has 3 nitrogen and oxygen atoms in total. The highest BCUT2D eigenvalue weighted by Crippen LogP contribution is 2.41. The average molecular weight is 321 g/mol. The second-order valence-electron chi connectivity index (χ2n) is 5.43. The van der Waals surface area contributed by atoms with Crippen molar-refractivity contribution in [1.29, 1.82) is 0 Å². The van der Waals surface area contributed by atoms with Crippen LogP contribution in [0, 0.1) is 0 Å². The third-order valence-electron chi connectivity index (χ3n) is 4.08. The van der Waals surface area contributed by atoms with E-state index < -0.39 is 5.54 Å². The van der Waals surface area contributed by atoms with E-state index in [9.17, 15) is 4.79 Å². The number of fused-ring (bicyclic) bond motifs is 1. The number of rotatable bonds is 2. The standard InChI is InChI=1S/C19H13ClN2O/c20-16-11-12-17-21-19(18(23)22(17)13-16,14-7-3-1-4-8-14)15-9-5-2-6-10-15/h1-13H. The summed E-state index contributed by atoms with van der Waals surface area (Å²) in [7, 11) is 0. The Morgan fingerprint density at radius 2 is 1.43 bits per heavy atom. The van der Waals surface area contributed by atoms with E-state index in [0.29, 0.717) is 10.9 Å². The summed E-state index contributed by atoms with van der Waals surface area (Å²) in [6, 6.07) is 19.3. The van der Waals surface area contributed by atoms with Crippen LogP contribution in [0.4, 0.5) is 0 Å². The number of amidine groups is 1. The molecule has 2 aliphatic rings. The first-order valence-electron chi connectivity index (χ1n) is 7.32. The topological polar surface area (TPSA) is 32.7 Å². The summed E-state index contributed by atoms with van der Waals surface area (Å²) < 4.78 is 0. The fourth-order valence-electron chi connectivity index (χ4n) is 3.02. The lowest BCUT2D eigenvalue weighted by atomic mass is 9.83. The minimum atomic E-state index is -1.07. The molecule has 2 aromatic rings. The Labute approximate surface area is 139 Å². The molecule has 4 rings (SSSR count). The number of halogens is 1. The summed E-state index contributed by atoms with van der Waals surface area (Å²) in [5, 5.41) is 0.509. The van der Waals surface area contributed by atoms with Crippen LogP contribution >= 0.6 is 11.6 Å². The van der Waals surface area contributed by atoms with E-state index in [-0.39, 0.29) is 5.91 Å². The van der Waals surface area contributed by atoms with Crippen molar-refractivity contribution in [3.63, 3.8) is 0 Å². The van der Waals surface area contributed by atoms with Gasteiger partial charge in [-0.15, -0.1) is 0 Å². The van der Waals surface area contributed by atoms with Crippen molar-refractivity contribution in [2.75, 3.05) is 0 Å². The molecule has 2 aliphatic heterocycles. The Kier molecular flexibility index (Phi) is 3.17. The van der Waals surface area contributed by atoms with Crippen LogP contribution in [0.2, 0.25) is 0 Å². The molecule has 0 spiro atoms. The molecule has 0 aromatic heterocycles. The number of aliphatic imine (C=N–C) groups is 1. The first-order chi connectivity index (χ1) is 11.2. The zero-order valence-electron chi connectivity index (χ0n) is 12.2. The van der Waals surface area contributed by atoms with Crippen molar-refractivity contribution in [2.45, 2.75) is 5.54 Å². The Morgan fingerprint density at radius 3 is 2.00 bits per heavy atom. The highest BCUT2D eigenvalue weighted by Gasteiger charge is 2.50. The van der Waals surface area contributed by atoms with Crippen LogP contribution in [-0.2, 0) is 10.3 Å². The van der Waals surface area contributed by atoms with E-state index in [4.69, 9.17) is 16.6 Å². The third-order valence-corrected chi connectivity index (χ3v) is 4.31. The van der Waals surface area contributed by atoms with E-state index in [1.54, 1.807) is 18.4 Å². The number of benzene rings is 2. The molecule has 0 bridgehead atoms. The number of nitrogens with zero attached hydrogens (tertiary/aromatic N) is 2. The van der Waals surface area contributed by atoms with E-state index in [1.165, 1.54) is 4.90 Å². The molecule has 2 aromatic carbocycles. The zero-order chi connectivity index (χ0) is 15.9. The normalized spacial score (nSPS) is 18.5. The molecule has 0 unspecified atom stereocenters. The molecular formula is C19H13ClN2O. The highest BCUT2D eigenvalue weighted by molar-refractivity contribution is 6.32. The van der Waals surface area contributed by atoms with Crippen molar-refractivity contribution in [3.8, 4) is 0 Å². The van der Waals surface area contributed by atoms with Crippen molar-refractivity contribution in [2.24, 2.45) is 4.99 Å². The lowest BCUT2D eigenvalue weighted by Crippen LogP contribution is -2.39. The minimum absolute atomic E-state index is 0.118. The number of hydrogen-bond acceptors (Lipinski definition) is 2. The van der Waals surface area contributed by atoms with E-state index in [1.807, 2.05) is 60.7 Å². The second kappa shape index (κ2) is 5.21. The SMILES string of the molecule is O=C1N2C=C(Cl)C=CC2=NC1(c1ccccc1)c1ccccc1. The van der Waals surface area contributed by atoms with Crippen molar-refractivity contribution < 1.29 is 4.79 Å². The van der Waals surface area contributed by atoms with Gasteiger partial charge < -0.3 is 0 Å². The van der Waals surface area contributed by atoms with Gasteiger partial charge >= 0.3 is 0 Å². The Morgan fingerprint density at radius 1 is 0.870 bits per heavy atom. The predicted molar refractivity (Wildman–Crippen MR) is 91.0 cm³/mol. The number of carbonyl (C=O) groups is 1. The molecule has 0 saturated heterocycles. The predicted octanol–water partition coefficient (Wildman–Crippen LogP) is 3.82. The van der Waals surface area contributed by atoms with Gasteiger partial charge in [0.05, 0.1) is 5.03 Å². The van der Waals surface area contributed by atoms with Gasteiger partial charge in [-0.1, -0.05) is 72.3 Å². The van der Waals surface area contributed by atoms with Gasteiger partial charge in [0.2, 0.25) is 0 Å². The molecule has 0 radical (unpaired) electrons. The van der Waals surface area contributed by atoms with Gasteiger partial charge in [0, 0.05) is 6.20 Å². The van der Waals surface area contributed by atoms with Gasteiger partial charge in [-0.05, 0) is 23.3 Å². The summed E-state index contributed by atoms with van der Waals surface area (Å²) in [6.45, 7) is 0. The minimum Gasteiger partial charge on any atom is -0.270 e. The molecule has 112 valence electrons. The smallest absolute Gasteiger partial charge is 0.269 e. The molecule has 0 saturated carbocycles. The monoisotopic (exact) mass is 320 g/mol. The molecular weight excluding hydrogens is 308 g/mol. The molecule has 0 fully saturated rings. The van der Waals surface area contributed by atoms with Gasteiger partial charge in [0.25, 0.3) is 5.91 Å². The first-order valence-corrected chi connectivity index (χ1v) is 7.69. The fourth-order valence-corrected chi connectivity index (χ4v) is 3.18. The molecule has 4 heteroatoms. The second-order valence-corrected chi connectivity index (χ2v) is 5.87. The van der Waals surface area contributed by atoms with Gasteiger partial charge in [-0.3, -0.25) is 9.69 Å². The van der Waals surface area contributed by atoms with E-state index in [2.05, 4.69) is 0 Å². The van der Waals surface area contributed by atoms with E-state index >= 15 is 0 Å². The molecule has 1 amide bonds. The average Bonchev–Trinajstić information content (AvgIpc) is 2.90. The van der Waals surface area contributed by atoms with Crippen molar-refractivity contribution in [1.82, 2.24) is 4.90 Å². The molecule has 2 heterocycles. The molecule has 0 N–H and O–H groups in total. The van der Waals surface area contributed by atoms with Crippen LogP contribution in [0.3, 0.4) is 0 Å². The van der Waals surface area contributed by atoms with Crippen molar-refractivity contribution in [3.05, 3.63) is 95.2 Å². The molecule has 0 aliphatic carbocycles. The van der Waals surface area contributed by atoms with Gasteiger partial charge in [-0.2, -0.15) is 0 Å². The van der Waals surface area contributed by atoms with Crippen LogP contribution in [0.1, 0.15) is 11.1 Å². The van der Waals surface area contributed by atoms with Crippen LogP contribution in [0.15, 0.2) is 89.0 Å².